The first kappa shape index (κ1) is 53.2. The molecule has 4 rings (SSSR count). The van der Waals surface area contributed by atoms with E-state index in [1.54, 1.807) is 46.4 Å². The summed E-state index contributed by atoms with van der Waals surface area (Å²) in [5.41, 5.74) is -1.74. The van der Waals surface area contributed by atoms with E-state index in [9.17, 15) is 66.9 Å². The van der Waals surface area contributed by atoms with Gasteiger partial charge in [-0.25, -0.2) is 47.9 Å². The maximum Gasteiger partial charge on any atom is 1.00 e. The molecule has 19 heteroatoms. The van der Waals surface area contributed by atoms with Crippen molar-refractivity contribution in [3.8, 4) is 0 Å². The second-order valence-electron chi connectivity index (χ2n) is 14.7. The molecule has 3 amide bonds. The summed E-state index contributed by atoms with van der Waals surface area (Å²) in [6.07, 6.45) is 0.925. The van der Waals surface area contributed by atoms with Crippen molar-refractivity contribution < 1.29 is 96.4 Å². The average molecular weight is 815 g/mol. The molecule has 2 aromatic carbocycles. The van der Waals surface area contributed by atoms with Gasteiger partial charge in [-0.2, -0.15) is 0 Å². The molecule has 8 nitrogen and oxygen atoms in total. The Morgan fingerprint density at radius 3 is 1.33 bits per heavy atom. The Hall–Kier alpha value is -2.93. The van der Waals surface area contributed by atoms with Crippen LogP contribution in [0, 0.1) is 59.3 Å². The number of hydrogen-bond acceptors (Lipinski definition) is 6. The van der Waals surface area contributed by atoms with Crippen LogP contribution in [0.25, 0.3) is 0 Å². The summed E-state index contributed by atoms with van der Waals surface area (Å²) in [5, 5.41) is -1.75. The SMILES string of the molecule is C.C=C1CCC(=O)N1C(C)(C)C.CC(C)(C)N1C(=O)CC(S(=O)(=O)[O-])C1=O.CC(C)(C)c1cc(F)c(F)c(F)c1F.Cc1c(F)c(F)c(F)c(F)c1F.[Na+]. The normalized spacial score (nSPS) is 16.0. The molecule has 0 radical (unpaired) electrons. The molecule has 2 saturated heterocycles. The standard InChI is InChI=1S/C10H10F4.C9H15NO.C8H13NO5S.C7H3F5.CH4.Na/c1-10(2,3)5-4-6(11)8(13)9(14)7(5)12;1-7-5-6-8(11)10(7)9(2,3)4;1-8(2,3)9-6(10)4-5(7(9)11)15(12,13)14;1-2-3(8)5(10)7(12)6(11)4(2)9;;/h4H,1-3H3;1,5-6H2,2-4H3;5H,4H2,1-3H3,(H,12,13,14);1H3;1H4;/q;;;;;+1/p-1. The molecule has 0 spiro atoms. The topological polar surface area (TPSA) is 115 Å². The molecule has 0 bridgehead atoms. The van der Waals surface area contributed by atoms with E-state index in [0.29, 0.717) is 12.5 Å². The zero-order valence-corrected chi connectivity index (χ0v) is 34.0. The van der Waals surface area contributed by atoms with Gasteiger partial charge in [-0.15, -0.1) is 0 Å². The van der Waals surface area contributed by atoms with Crippen molar-refractivity contribution >= 4 is 27.8 Å². The van der Waals surface area contributed by atoms with Crippen molar-refractivity contribution in [3.63, 3.8) is 0 Å². The van der Waals surface area contributed by atoms with Gasteiger partial charge in [0.25, 0.3) is 0 Å². The fourth-order valence-corrected chi connectivity index (χ4v) is 5.57. The summed E-state index contributed by atoms with van der Waals surface area (Å²) in [6, 6.07) is 0.688. The molecule has 0 saturated carbocycles. The molecule has 1 unspecified atom stereocenters. The summed E-state index contributed by atoms with van der Waals surface area (Å²) < 4.78 is 145. The van der Waals surface area contributed by atoms with Gasteiger partial charge >= 0.3 is 29.6 Å². The summed E-state index contributed by atoms with van der Waals surface area (Å²) in [7, 11) is -4.74. The fraction of sp³-hybridized carbons (Fsp3) is 0.514. The van der Waals surface area contributed by atoms with Gasteiger partial charge in [0, 0.05) is 28.8 Å². The third kappa shape index (κ3) is 12.8. The monoisotopic (exact) mass is 814 g/mol. The number of rotatable bonds is 1. The number of allylic oxidation sites excluding steroid dienone is 1. The minimum atomic E-state index is -4.74. The van der Waals surface area contributed by atoms with E-state index < -0.39 is 102 Å². The van der Waals surface area contributed by atoms with Crippen molar-refractivity contribution in [1.82, 2.24) is 9.80 Å². The molecular weight excluding hydrogens is 770 g/mol. The van der Waals surface area contributed by atoms with Crippen LogP contribution in [0.1, 0.15) is 100 Å². The minimum absolute atomic E-state index is 0. The minimum Gasteiger partial charge on any atom is -0.747 e. The zero-order chi connectivity index (χ0) is 41.2. The number of carbonyl (C=O) groups excluding carboxylic acids is 3. The summed E-state index contributed by atoms with van der Waals surface area (Å²) in [6.45, 7) is 20.3. The Labute approximate surface area is 332 Å². The van der Waals surface area contributed by atoms with Gasteiger partial charge in [-0.1, -0.05) is 34.8 Å². The van der Waals surface area contributed by atoms with Gasteiger partial charge in [0.2, 0.25) is 23.5 Å². The number of amides is 3. The maximum absolute atomic E-state index is 13.2. The predicted octanol–water partition coefficient (Wildman–Crippen LogP) is 5.25. The van der Waals surface area contributed by atoms with Crippen molar-refractivity contribution in [1.29, 1.82) is 0 Å². The molecule has 2 fully saturated rings. The van der Waals surface area contributed by atoms with Crippen LogP contribution in [0.3, 0.4) is 0 Å². The summed E-state index contributed by atoms with van der Waals surface area (Å²) in [5.74, 6) is -17.1. The smallest absolute Gasteiger partial charge is 0.747 e. The number of likely N-dealkylation sites (tertiary alicyclic amines) is 2. The maximum atomic E-state index is 13.2. The van der Waals surface area contributed by atoms with Crippen molar-refractivity contribution in [2.24, 2.45) is 0 Å². The van der Waals surface area contributed by atoms with E-state index in [4.69, 9.17) is 0 Å². The Balaban J connectivity index is 0. The predicted molar refractivity (Wildman–Crippen MR) is 177 cm³/mol. The second kappa shape index (κ2) is 19.3. The van der Waals surface area contributed by atoms with Crippen LogP contribution in [-0.2, 0) is 29.9 Å². The number of nitrogens with zero attached hydrogens (tertiary/aromatic N) is 2. The third-order valence-corrected chi connectivity index (χ3v) is 8.39. The molecule has 0 aliphatic carbocycles. The van der Waals surface area contributed by atoms with E-state index >= 15 is 0 Å². The summed E-state index contributed by atoms with van der Waals surface area (Å²) in [4.78, 5) is 36.9. The zero-order valence-electron chi connectivity index (χ0n) is 31.1. The van der Waals surface area contributed by atoms with Crippen LogP contribution in [0.15, 0.2) is 18.3 Å². The molecule has 1 atom stereocenters. The molecule has 2 aliphatic heterocycles. The number of benzene rings is 2. The second-order valence-corrected chi connectivity index (χ2v) is 16.2. The fourth-order valence-electron chi connectivity index (χ4n) is 4.87. The van der Waals surface area contributed by atoms with Gasteiger partial charge < -0.3 is 9.45 Å². The molecule has 300 valence electrons. The molecule has 2 heterocycles. The van der Waals surface area contributed by atoms with Crippen molar-refractivity contribution in [2.45, 2.75) is 118 Å². The quantitative estimate of drug-likeness (QED) is 0.0972. The Morgan fingerprint density at radius 2 is 1.06 bits per heavy atom. The van der Waals surface area contributed by atoms with Gasteiger partial charge in [-0.05, 0) is 71.9 Å². The first-order chi connectivity index (χ1) is 23.2. The largest absolute Gasteiger partial charge is 1.00 e. The van der Waals surface area contributed by atoms with E-state index in [-0.39, 0.29) is 54.0 Å². The van der Waals surface area contributed by atoms with Crippen LogP contribution in [0.5, 0.6) is 0 Å². The van der Waals surface area contributed by atoms with Crippen LogP contribution < -0.4 is 29.6 Å². The van der Waals surface area contributed by atoms with Crippen LogP contribution in [-0.4, -0.2) is 56.8 Å². The number of imide groups is 1. The number of halogens is 9. The molecular formula is C35H44F9N2NaO6S. The van der Waals surface area contributed by atoms with Crippen LogP contribution in [0.2, 0.25) is 0 Å². The summed E-state index contributed by atoms with van der Waals surface area (Å²) >= 11 is 0. The van der Waals surface area contributed by atoms with Gasteiger partial charge in [0.05, 0.1) is 6.42 Å². The molecule has 0 aromatic heterocycles. The molecule has 54 heavy (non-hydrogen) atoms. The Kier molecular flexibility index (Phi) is 19.0. The van der Waals surface area contributed by atoms with Crippen LogP contribution in [0.4, 0.5) is 39.5 Å². The van der Waals surface area contributed by atoms with E-state index in [0.717, 1.165) is 23.9 Å². The van der Waals surface area contributed by atoms with Gasteiger partial charge in [-0.3, -0.25) is 19.3 Å². The third-order valence-electron chi connectivity index (χ3n) is 7.33. The number of carbonyl (C=O) groups is 3. The van der Waals surface area contributed by atoms with E-state index in [1.165, 1.54) is 0 Å². The molecule has 2 aromatic rings. The molecule has 2 aliphatic rings. The van der Waals surface area contributed by atoms with Crippen molar-refractivity contribution in [3.05, 3.63) is 81.8 Å². The Bertz CT molecular complexity index is 1730. The van der Waals surface area contributed by atoms with E-state index in [1.807, 2.05) is 20.8 Å². The number of hydrogen-bond donors (Lipinski definition) is 0. The van der Waals surface area contributed by atoms with Gasteiger partial charge in [0.15, 0.2) is 46.5 Å². The van der Waals surface area contributed by atoms with Crippen LogP contribution >= 0.6 is 0 Å². The average Bonchev–Trinajstić information content (AvgIpc) is 3.51. The first-order valence-electron chi connectivity index (χ1n) is 15.3. The Morgan fingerprint density at radius 1 is 0.667 bits per heavy atom. The van der Waals surface area contributed by atoms with Gasteiger partial charge in [0.1, 0.15) is 15.4 Å². The van der Waals surface area contributed by atoms with E-state index in [2.05, 4.69) is 6.58 Å². The first-order valence-corrected chi connectivity index (χ1v) is 16.8. The van der Waals surface area contributed by atoms with Crippen molar-refractivity contribution in [2.75, 3.05) is 0 Å². The molecule has 0 N–H and O–H groups in total.